The van der Waals surface area contributed by atoms with Crippen LogP contribution in [0.15, 0.2) is 91.0 Å². The maximum absolute atomic E-state index is 14.7. The van der Waals surface area contributed by atoms with Gasteiger partial charge in [-0.15, -0.1) is 11.8 Å². The van der Waals surface area contributed by atoms with Crippen molar-refractivity contribution >= 4 is 35.6 Å². The van der Waals surface area contributed by atoms with E-state index in [1.54, 1.807) is 37.4 Å². The van der Waals surface area contributed by atoms with Gasteiger partial charge >= 0.3 is 18.0 Å². The molecule has 6 rings (SSSR count). The molecule has 0 aliphatic carbocycles. The average Bonchev–Trinajstić information content (AvgIpc) is 3.17. The summed E-state index contributed by atoms with van der Waals surface area (Å²) >= 11 is 1.55. The van der Waals surface area contributed by atoms with Gasteiger partial charge in [0.1, 0.15) is 24.3 Å². The van der Waals surface area contributed by atoms with E-state index in [-0.39, 0.29) is 38.0 Å². The first-order valence-electron chi connectivity index (χ1n) is 19.0. The molecule has 13 heteroatoms. The Morgan fingerprint density at radius 2 is 1.34 bits per heavy atom. The molecule has 2 bridgehead atoms. The van der Waals surface area contributed by atoms with Crippen molar-refractivity contribution in [2.75, 3.05) is 26.4 Å². The lowest BCUT2D eigenvalue weighted by Crippen LogP contribution is -2.65. The van der Waals surface area contributed by atoms with E-state index in [1.165, 1.54) is 0 Å². The molecule has 302 valence electrons. The van der Waals surface area contributed by atoms with E-state index in [9.17, 15) is 19.2 Å². The number of rotatable bonds is 17. The number of amides is 3. The van der Waals surface area contributed by atoms with Crippen LogP contribution < -0.4 is 10.6 Å². The van der Waals surface area contributed by atoms with Gasteiger partial charge in [0.25, 0.3) is 0 Å². The SMILES string of the molecule is CC12COC(CNC(=O)C(N(Cc3ccccc3)C(=O)CC[C@H](NC(=O)OC(C)(C)C)C(=O)OCc3ccccc3)C(C)(C)SCc3ccccc3)(OC1)OC2. The smallest absolute Gasteiger partial charge is 0.408 e. The van der Waals surface area contributed by atoms with Crippen LogP contribution in [0.1, 0.15) is 71.1 Å². The van der Waals surface area contributed by atoms with Gasteiger partial charge in [-0.05, 0) is 57.7 Å². The number of benzene rings is 3. The second-order valence-corrected chi connectivity index (χ2v) is 17.8. The van der Waals surface area contributed by atoms with Crippen molar-refractivity contribution in [1.82, 2.24) is 15.5 Å². The minimum absolute atomic E-state index is 0.0206. The maximum atomic E-state index is 14.7. The number of carbonyl (C=O) groups is 4. The molecule has 2 atom stereocenters. The van der Waals surface area contributed by atoms with Gasteiger partial charge < -0.3 is 39.2 Å². The number of esters is 1. The quantitative estimate of drug-likeness (QED) is 0.148. The summed E-state index contributed by atoms with van der Waals surface area (Å²) in [5.74, 6) is -2.38. The first-order chi connectivity index (χ1) is 26.6. The molecule has 3 aliphatic rings. The fourth-order valence-electron chi connectivity index (χ4n) is 6.35. The van der Waals surface area contributed by atoms with Crippen molar-refractivity contribution < 1.29 is 42.9 Å². The van der Waals surface area contributed by atoms with E-state index in [0.29, 0.717) is 25.6 Å². The fraction of sp³-hybridized carbons (Fsp3) is 0.488. The zero-order valence-corrected chi connectivity index (χ0v) is 34.0. The fourth-order valence-corrected chi connectivity index (χ4v) is 7.47. The van der Waals surface area contributed by atoms with Crippen LogP contribution in [0.3, 0.4) is 0 Å². The number of hydrogen-bond donors (Lipinski definition) is 2. The molecule has 3 saturated heterocycles. The molecule has 3 amide bonds. The van der Waals surface area contributed by atoms with Crippen LogP contribution in [0.4, 0.5) is 4.79 Å². The van der Waals surface area contributed by atoms with E-state index >= 15 is 0 Å². The minimum atomic E-state index is -1.42. The van der Waals surface area contributed by atoms with Gasteiger partial charge in [0.05, 0.1) is 26.4 Å². The topological polar surface area (TPSA) is 142 Å². The molecule has 0 saturated carbocycles. The predicted octanol–water partition coefficient (Wildman–Crippen LogP) is 6.37. The molecule has 3 aliphatic heterocycles. The Bertz CT molecular complexity index is 1740. The number of alkyl carbamates (subject to hydrolysis) is 1. The van der Waals surface area contributed by atoms with Crippen molar-refractivity contribution in [3.05, 3.63) is 108 Å². The highest BCUT2D eigenvalue weighted by molar-refractivity contribution is 7.99. The molecule has 2 N–H and O–H groups in total. The van der Waals surface area contributed by atoms with Crippen LogP contribution in [0.25, 0.3) is 0 Å². The van der Waals surface area contributed by atoms with Gasteiger partial charge in [-0.3, -0.25) is 9.59 Å². The molecule has 0 radical (unpaired) electrons. The zero-order valence-electron chi connectivity index (χ0n) is 33.2. The lowest BCUT2D eigenvalue weighted by molar-refractivity contribution is -0.461. The lowest BCUT2D eigenvalue weighted by atomic mass is 9.92. The Hall–Kier alpha value is -4.43. The highest BCUT2D eigenvalue weighted by Gasteiger charge is 2.51. The van der Waals surface area contributed by atoms with Crippen LogP contribution in [0.5, 0.6) is 0 Å². The van der Waals surface area contributed by atoms with Crippen molar-refractivity contribution in [1.29, 1.82) is 0 Å². The van der Waals surface area contributed by atoms with Gasteiger partial charge in [-0.1, -0.05) is 97.9 Å². The maximum Gasteiger partial charge on any atom is 0.408 e. The summed E-state index contributed by atoms with van der Waals surface area (Å²) in [5, 5.41) is 5.62. The molecule has 12 nitrogen and oxygen atoms in total. The van der Waals surface area contributed by atoms with Gasteiger partial charge in [-0.25, -0.2) is 9.59 Å². The van der Waals surface area contributed by atoms with E-state index in [0.717, 1.165) is 16.7 Å². The average molecular weight is 790 g/mol. The Kier molecular flexibility index (Phi) is 14.2. The lowest BCUT2D eigenvalue weighted by Gasteiger charge is -2.50. The number of nitrogens with zero attached hydrogens (tertiary/aromatic N) is 1. The van der Waals surface area contributed by atoms with E-state index in [4.69, 9.17) is 23.7 Å². The van der Waals surface area contributed by atoms with Gasteiger partial charge in [-0.2, -0.15) is 0 Å². The molecule has 0 aromatic heterocycles. The molecule has 3 aromatic rings. The number of ether oxygens (including phenoxy) is 5. The largest absolute Gasteiger partial charge is 0.459 e. The van der Waals surface area contributed by atoms with Crippen LogP contribution in [0.2, 0.25) is 0 Å². The second-order valence-electron chi connectivity index (χ2n) is 16.2. The number of hydrogen-bond acceptors (Lipinski definition) is 10. The summed E-state index contributed by atoms with van der Waals surface area (Å²) in [5.41, 5.74) is 1.55. The summed E-state index contributed by atoms with van der Waals surface area (Å²) in [6.07, 6.45) is -1.13. The van der Waals surface area contributed by atoms with Crippen LogP contribution in [0, 0.1) is 5.41 Å². The third-order valence-electron chi connectivity index (χ3n) is 9.44. The van der Waals surface area contributed by atoms with Crippen molar-refractivity contribution in [2.24, 2.45) is 5.41 Å². The Balaban J connectivity index is 1.41. The second kappa shape index (κ2) is 18.7. The number of thioether (sulfide) groups is 1. The normalized spacial score (nSPS) is 20.3. The molecule has 56 heavy (non-hydrogen) atoms. The van der Waals surface area contributed by atoms with Crippen molar-refractivity contribution in [3.63, 3.8) is 0 Å². The number of carbonyl (C=O) groups excluding carboxylic acids is 4. The highest BCUT2D eigenvalue weighted by Crippen LogP contribution is 2.39. The molecule has 3 aromatic carbocycles. The zero-order chi connectivity index (χ0) is 40.4. The molecular weight excluding hydrogens is 735 g/mol. The van der Waals surface area contributed by atoms with Crippen molar-refractivity contribution in [2.45, 2.75) is 102 Å². The van der Waals surface area contributed by atoms with Gasteiger partial charge in [0, 0.05) is 28.9 Å². The highest BCUT2D eigenvalue weighted by atomic mass is 32.2. The Morgan fingerprint density at radius 1 is 0.804 bits per heavy atom. The standard InChI is InChI=1S/C43H55N3O9S/c1-40(2,3)55-39(50)45-34(38(49)51-25-32-18-12-8-13-19-32)22-23-35(47)46(24-31-16-10-7-11-17-31)36(41(4,5)56-26-33-20-14-9-15-21-33)37(48)44-27-43-52-28-42(6,29-53-43)30-54-43/h7-21,34,36H,22-30H2,1-6H3,(H,44,48)(H,45,50)/t34-,36?,42?,43?/m0/s1. The predicted molar refractivity (Wildman–Crippen MR) is 213 cm³/mol. The summed E-state index contributed by atoms with van der Waals surface area (Å²) in [7, 11) is 0. The number of fused-ring (bicyclic) bond motifs is 3. The molecule has 3 fully saturated rings. The number of nitrogens with one attached hydrogen (secondary N) is 2. The Morgan fingerprint density at radius 3 is 1.89 bits per heavy atom. The summed E-state index contributed by atoms with van der Waals surface area (Å²) < 4.78 is 28.1. The third-order valence-corrected chi connectivity index (χ3v) is 10.9. The van der Waals surface area contributed by atoms with Crippen LogP contribution >= 0.6 is 11.8 Å². The van der Waals surface area contributed by atoms with Crippen molar-refractivity contribution in [3.8, 4) is 0 Å². The molecule has 1 unspecified atom stereocenters. The van der Waals surface area contributed by atoms with E-state index in [2.05, 4.69) is 10.6 Å². The van der Waals surface area contributed by atoms with Gasteiger partial charge in [0.2, 0.25) is 11.8 Å². The summed E-state index contributed by atoms with van der Waals surface area (Å²) in [4.78, 5) is 57.3. The molecule has 3 heterocycles. The summed E-state index contributed by atoms with van der Waals surface area (Å²) in [6.45, 7) is 12.3. The molecular formula is C43H55N3O9S. The third kappa shape index (κ3) is 12.3. The van der Waals surface area contributed by atoms with Crippen LogP contribution in [-0.2, 0) is 57.0 Å². The first-order valence-corrected chi connectivity index (χ1v) is 19.9. The first kappa shape index (κ1) is 42.7. The monoisotopic (exact) mass is 789 g/mol. The van der Waals surface area contributed by atoms with Crippen LogP contribution in [-0.4, -0.2) is 83.5 Å². The van der Waals surface area contributed by atoms with E-state index in [1.807, 2.05) is 112 Å². The van der Waals surface area contributed by atoms with E-state index < -0.39 is 52.3 Å². The summed E-state index contributed by atoms with van der Waals surface area (Å²) in [6, 6.07) is 26.3. The molecule has 0 spiro atoms. The van der Waals surface area contributed by atoms with Gasteiger partial charge in [0.15, 0.2) is 0 Å². The Labute approximate surface area is 334 Å². The minimum Gasteiger partial charge on any atom is -0.459 e.